The molecule has 1 atom stereocenters. The summed E-state index contributed by atoms with van der Waals surface area (Å²) in [6.07, 6.45) is -0.465. The molecule has 0 aliphatic heterocycles. The average molecular weight is 456 g/mol. The van der Waals surface area contributed by atoms with Crippen LogP contribution in [0.15, 0.2) is 30.3 Å². The predicted molar refractivity (Wildman–Crippen MR) is 110 cm³/mol. The van der Waals surface area contributed by atoms with Crippen LogP contribution in [-0.4, -0.2) is 33.3 Å². The second-order valence-corrected chi connectivity index (χ2v) is 8.20. The maximum absolute atomic E-state index is 14.4. The number of methoxy groups -OCH3 is 1. The van der Waals surface area contributed by atoms with Crippen LogP contribution in [0.25, 0.3) is 0 Å². The summed E-state index contributed by atoms with van der Waals surface area (Å²) in [5.74, 6) is -3.71. The number of ether oxygens (including phenoxy) is 2. The summed E-state index contributed by atoms with van der Waals surface area (Å²) in [7, 11) is 1.12. The van der Waals surface area contributed by atoms with Crippen molar-refractivity contribution in [1.29, 1.82) is 0 Å². The summed E-state index contributed by atoms with van der Waals surface area (Å²) < 4.78 is 61.1. The number of rotatable bonds is 7. The molecule has 0 spiro atoms. The van der Waals surface area contributed by atoms with E-state index in [1.54, 1.807) is 20.8 Å². The lowest BCUT2D eigenvalue weighted by molar-refractivity contribution is -0.139. The van der Waals surface area contributed by atoms with Crippen molar-refractivity contribution in [2.75, 3.05) is 11.8 Å². The Hall–Kier alpha value is -3.05. The van der Waals surface area contributed by atoms with Crippen LogP contribution in [0.3, 0.4) is 0 Å². The average Bonchev–Trinajstić information content (AvgIpc) is 2.65. The number of halogens is 2. The SMILES string of the molecule is COC(=O)Cc1cc(F)c(Oc2ccc(C(=O)NC(C)(C)C)cc2NS(=O)O)cc1F. The van der Waals surface area contributed by atoms with Crippen LogP contribution in [0.4, 0.5) is 14.5 Å². The Bertz CT molecular complexity index is 1020. The van der Waals surface area contributed by atoms with Crippen molar-refractivity contribution in [3.63, 3.8) is 0 Å². The van der Waals surface area contributed by atoms with Gasteiger partial charge in [0.25, 0.3) is 17.2 Å². The fourth-order valence-electron chi connectivity index (χ4n) is 2.48. The number of carbonyl (C=O) groups is 2. The molecule has 0 heterocycles. The van der Waals surface area contributed by atoms with E-state index in [4.69, 9.17) is 4.74 Å². The van der Waals surface area contributed by atoms with Gasteiger partial charge in [-0.2, -0.15) is 0 Å². The molecule has 1 amide bonds. The Morgan fingerprint density at radius 2 is 1.77 bits per heavy atom. The van der Waals surface area contributed by atoms with Crippen molar-refractivity contribution < 1.29 is 36.6 Å². The number of hydrogen-bond donors (Lipinski definition) is 3. The Morgan fingerprint density at radius 1 is 1.10 bits per heavy atom. The third kappa shape index (κ3) is 7.00. The second kappa shape index (κ2) is 9.84. The molecule has 0 saturated carbocycles. The Labute approximate surface area is 180 Å². The molecule has 2 aromatic rings. The Kier molecular flexibility index (Phi) is 7.69. The summed E-state index contributed by atoms with van der Waals surface area (Å²) >= 11 is -2.53. The van der Waals surface area contributed by atoms with E-state index in [0.717, 1.165) is 19.2 Å². The van der Waals surface area contributed by atoms with Gasteiger partial charge in [0.2, 0.25) is 0 Å². The van der Waals surface area contributed by atoms with Gasteiger partial charge in [-0.3, -0.25) is 18.9 Å². The first-order chi connectivity index (χ1) is 14.4. The van der Waals surface area contributed by atoms with Crippen molar-refractivity contribution in [3.8, 4) is 11.5 Å². The van der Waals surface area contributed by atoms with E-state index in [0.29, 0.717) is 0 Å². The van der Waals surface area contributed by atoms with Gasteiger partial charge in [0, 0.05) is 22.7 Å². The zero-order valence-electron chi connectivity index (χ0n) is 17.2. The van der Waals surface area contributed by atoms with Gasteiger partial charge >= 0.3 is 5.97 Å². The molecule has 3 N–H and O–H groups in total. The highest BCUT2D eigenvalue weighted by Gasteiger charge is 2.19. The minimum absolute atomic E-state index is 0.0964. The molecule has 11 heteroatoms. The van der Waals surface area contributed by atoms with Crippen LogP contribution < -0.4 is 14.8 Å². The molecule has 0 fully saturated rings. The fourth-order valence-corrected chi connectivity index (χ4v) is 2.82. The summed E-state index contributed by atoms with van der Waals surface area (Å²) in [4.78, 5) is 23.7. The van der Waals surface area contributed by atoms with Crippen molar-refractivity contribution >= 4 is 28.8 Å². The van der Waals surface area contributed by atoms with E-state index in [2.05, 4.69) is 14.8 Å². The van der Waals surface area contributed by atoms with Crippen LogP contribution in [0, 0.1) is 11.6 Å². The van der Waals surface area contributed by atoms with Gasteiger partial charge in [-0.1, -0.05) is 0 Å². The van der Waals surface area contributed by atoms with Crippen LogP contribution in [-0.2, 0) is 27.2 Å². The molecular weight excluding hydrogens is 434 g/mol. The molecule has 0 radical (unpaired) electrons. The fraction of sp³-hybridized carbons (Fsp3) is 0.300. The normalized spacial score (nSPS) is 12.1. The number of carbonyl (C=O) groups excluding carboxylic acids is 2. The highest BCUT2D eigenvalue weighted by atomic mass is 32.2. The largest absolute Gasteiger partial charge is 0.469 e. The lowest BCUT2D eigenvalue weighted by Crippen LogP contribution is -2.40. The first kappa shape index (κ1) is 24.2. The standard InChI is InChI=1S/C20H22F2N2O6S/c1-20(2,3)23-19(26)11-5-6-16(15(8-11)24-31(27)28)30-17-10-13(21)12(7-14(17)22)9-18(25)29-4/h5-8,10,24H,9H2,1-4H3,(H,23,26)(H,27,28). The highest BCUT2D eigenvalue weighted by molar-refractivity contribution is 7.80. The first-order valence-electron chi connectivity index (χ1n) is 8.96. The van der Waals surface area contributed by atoms with E-state index >= 15 is 0 Å². The van der Waals surface area contributed by atoms with Crippen molar-refractivity contribution in [2.24, 2.45) is 0 Å². The van der Waals surface area contributed by atoms with Gasteiger partial charge in [-0.15, -0.1) is 0 Å². The number of amides is 1. The number of hydrogen-bond acceptors (Lipinski definition) is 5. The Morgan fingerprint density at radius 3 is 2.35 bits per heavy atom. The summed E-state index contributed by atoms with van der Waals surface area (Å²) in [6.45, 7) is 5.35. The maximum Gasteiger partial charge on any atom is 0.310 e. The molecule has 168 valence electrons. The predicted octanol–water partition coefficient (Wildman–Crippen LogP) is 3.55. The lowest BCUT2D eigenvalue weighted by Gasteiger charge is -2.21. The van der Waals surface area contributed by atoms with E-state index < -0.39 is 52.5 Å². The minimum Gasteiger partial charge on any atom is -0.469 e. The number of esters is 1. The molecule has 8 nitrogen and oxygen atoms in total. The Balaban J connectivity index is 2.37. The third-order valence-electron chi connectivity index (χ3n) is 3.81. The van der Waals surface area contributed by atoms with Gasteiger partial charge in [0.15, 0.2) is 17.3 Å². The quantitative estimate of drug-likeness (QED) is 0.434. The molecule has 0 saturated heterocycles. The van der Waals surface area contributed by atoms with Gasteiger partial charge in [-0.25, -0.2) is 13.0 Å². The van der Waals surface area contributed by atoms with Gasteiger partial charge in [-0.05, 0) is 45.0 Å². The summed E-state index contributed by atoms with van der Waals surface area (Å²) in [6, 6.07) is 5.41. The zero-order chi connectivity index (χ0) is 23.3. The molecule has 2 aromatic carbocycles. The smallest absolute Gasteiger partial charge is 0.310 e. The van der Waals surface area contributed by atoms with Crippen molar-refractivity contribution in [3.05, 3.63) is 53.1 Å². The van der Waals surface area contributed by atoms with Crippen LogP contribution in [0.2, 0.25) is 0 Å². The number of nitrogens with one attached hydrogen (secondary N) is 2. The minimum atomic E-state index is -2.53. The number of anilines is 1. The maximum atomic E-state index is 14.4. The third-order valence-corrected chi connectivity index (χ3v) is 4.21. The van der Waals surface area contributed by atoms with Gasteiger partial charge < -0.3 is 14.8 Å². The van der Waals surface area contributed by atoms with Crippen LogP contribution in [0.1, 0.15) is 36.7 Å². The van der Waals surface area contributed by atoms with E-state index in [9.17, 15) is 27.1 Å². The van der Waals surface area contributed by atoms with E-state index in [1.165, 1.54) is 18.2 Å². The summed E-state index contributed by atoms with van der Waals surface area (Å²) in [5, 5.41) is 2.74. The molecular formula is C20H22F2N2O6S. The number of benzene rings is 2. The lowest BCUT2D eigenvalue weighted by atomic mass is 10.1. The monoisotopic (exact) mass is 456 g/mol. The molecule has 0 aromatic heterocycles. The summed E-state index contributed by atoms with van der Waals surface area (Å²) in [5.41, 5.74) is -0.691. The first-order valence-corrected chi connectivity index (χ1v) is 10.1. The molecule has 31 heavy (non-hydrogen) atoms. The zero-order valence-corrected chi connectivity index (χ0v) is 18.1. The van der Waals surface area contributed by atoms with Gasteiger partial charge in [0.1, 0.15) is 5.82 Å². The van der Waals surface area contributed by atoms with Crippen LogP contribution >= 0.6 is 0 Å². The van der Waals surface area contributed by atoms with Crippen molar-refractivity contribution in [2.45, 2.75) is 32.7 Å². The van der Waals surface area contributed by atoms with Crippen molar-refractivity contribution in [1.82, 2.24) is 5.32 Å². The topological polar surface area (TPSA) is 114 Å². The van der Waals surface area contributed by atoms with E-state index in [-0.39, 0.29) is 22.6 Å². The highest BCUT2D eigenvalue weighted by Crippen LogP contribution is 2.33. The van der Waals surface area contributed by atoms with Gasteiger partial charge in [0.05, 0.1) is 19.2 Å². The van der Waals surface area contributed by atoms with E-state index in [1.807, 2.05) is 0 Å². The second-order valence-electron chi connectivity index (χ2n) is 7.50. The van der Waals surface area contributed by atoms with Crippen LogP contribution in [0.5, 0.6) is 11.5 Å². The molecule has 2 rings (SSSR count). The molecule has 0 aliphatic carbocycles. The molecule has 1 unspecified atom stereocenters. The molecule has 0 aliphatic rings. The molecule has 0 bridgehead atoms.